The van der Waals surface area contributed by atoms with Crippen LogP contribution in [-0.2, 0) is 13.1 Å². The van der Waals surface area contributed by atoms with Gasteiger partial charge in [-0.3, -0.25) is 5.32 Å². The topological polar surface area (TPSA) is 20.8 Å². The van der Waals surface area contributed by atoms with Crippen molar-refractivity contribution in [2.75, 3.05) is 11.9 Å². The van der Waals surface area contributed by atoms with Crippen LogP contribution in [0.15, 0.2) is 24.3 Å². The van der Waals surface area contributed by atoms with E-state index in [0.717, 1.165) is 19.6 Å². The molecule has 3 nitrogen and oxygen atoms in total. The zero-order valence-corrected chi connectivity index (χ0v) is 9.46. The van der Waals surface area contributed by atoms with Crippen molar-refractivity contribution < 1.29 is 17.0 Å². The number of aromatic nitrogens is 2. The molecule has 80 valence electrons. The molecule has 0 aliphatic carbocycles. The molecule has 2 heterocycles. The van der Waals surface area contributed by atoms with E-state index in [1.807, 2.05) is 0 Å². The van der Waals surface area contributed by atoms with Crippen molar-refractivity contribution in [3.63, 3.8) is 0 Å². The average Bonchev–Trinajstić information content (AvgIpc) is 2.77. The van der Waals surface area contributed by atoms with Gasteiger partial charge in [0.25, 0.3) is 0 Å². The van der Waals surface area contributed by atoms with E-state index in [0.29, 0.717) is 0 Å². The summed E-state index contributed by atoms with van der Waals surface area (Å²) in [5.41, 5.74) is 2.67. The minimum absolute atomic E-state index is 0. The molecule has 0 amide bonds. The van der Waals surface area contributed by atoms with Gasteiger partial charge in [-0.15, -0.1) is 0 Å². The Morgan fingerprint density at radius 1 is 1.40 bits per heavy atom. The van der Waals surface area contributed by atoms with E-state index in [1.54, 1.807) is 0 Å². The zero-order chi connectivity index (χ0) is 9.54. The van der Waals surface area contributed by atoms with Crippen LogP contribution < -0.4 is 22.3 Å². The number of fused-ring (bicyclic) bond motifs is 3. The van der Waals surface area contributed by atoms with Gasteiger partial charge in [-0.05, 0) is 19.1 Å². The second kappa shape index (κ2) is 3.74. The monoisotopic (exact) mass is 223 g/mol. The van der Waals surface area contributed by atoms with Crippen LogP contribution in [0.1, 0.15) is 6.92 Å². The van der Waals surface area contributed by atoms with E-state index in [1.165, 1.54) is 17.0 Å². The van der Waals surface area contributed by atoms with Gasteiger partial charge in [0.15, 0.2) is 0 Å². The van der Waals surface area contributed by atoms with E-state index < -0.39 is 0 Å². The summed E-state index contributed by atoms with van der Waals surface area (Å²) in [5.74, 6) is 1.26. The highest BCUT2D eigenvalue weighted by molar-refractivity contribution is 5.74. The number of rotatable bonds is 1. The Labute approximate surface area is 95.1 Å². The van der Waals surface area contributed by atoms with Crippen LogP contribution in [0, 0.1) is 0 Å². The molecule has 1 N–H and O–H groups in total. The minimum atomic E-state index is 0. The van der Waals surface area contributed by atoms with Gasteiger partial charge in [0.1, 0.15) is 17.6 Å². The summed E-state index contributed by atoms with van der Waals surface area (Å²) in [6, 6.07) is 8.59. The summed E-state index contributed by atoms with van der Waals surface area (Å²) < 4.78 is 4.70. The maximum absolute atomic E-state index is 3.44. The van der Waals surface area contributed by atoms with E-state index in [-0.39, 0.29) is 12.4 Å². The van der Waals surface area contributed by atoms with E-state index >= 15 is 0 Å². The van der Waals surface area contributed by atoms with Gasteiger partial charge in [-0.1, -0.05) is 12.1 Å². The fourth-order valence-electron chi connectivity index (χ4n) is 2.31. The second-order valence-electron chi connectivity index (χ2n) is 3.63. The lowest BCUT2D eigenvalue weighted by molar-refractivity contribution is -0.644. The van der Waals surface area contributed by atoms with Crippen molar-refractivity contribution in [2.24, 2.45) is 0 Å². The van der Waals surface area contributed by atoms with Gasteiger partial charge in [0.05, 0.1) is 13.1 Å². The predicted molar refractivity (Wildman–Crippen MR) is 56.3 cm³/mol. The number of halogens is 1. The summed E-state index contributed by atoms with van der Waals surface area (Å²) in [6.07, 6.45) is 0. The second-order valence-corrected chi connectivity index (χ2v) is 3.63. The predicted octanol–water partition coefficient (Wildman–Crippen LogP) is -1.62. The molecule has 15 heavy (non-hydrogen) atoms. The molecule has 1 aliphatic rings. The Morgan fingerprint density at radius 3 is 3.00 bits per heavy atom. The van der Waals surface area contributed by atoms with Crippen LogP contribution in [0.5, 0.6) is 0 Å². The number of aryl methyl sites for hydroxylation is 1. The molecule has 0 fully saturated rings. The molecule has 0 radical (unpaired) electrons. The van der Waals surface area contributed by atoms with Crippen molar-refractivity contribution in [3.05, 3.63) is 24.3 Å². The Hall–Kier alpha value is -1.22. The smallest absolute Gasteiger partial charge is 0.358 e. The summed E-state index contributed by atoms with van der Waals surface area (Å²) in [5, 5.41) is 3.44. The Morgan fingerprint density at radius 2 is 2.20 bits per heavy atom. The number of anilines is 1. The molecule has 0 spiro atoms. The van der Waals surface area contributed by atoms with Crippen LogP contribution in [0.25, 0.3) is 11.0 Å². The first kappa shape index (κ1) is 10.3. The van der Waals surface area contributed by atoms with Crippen LogP contribution >= 0.6 is 0 Å². The van der Waals surface area contributed by atoms with E-state index in [2.05, 4.69) is 45.6 Å². The van der Waals surface area contributed by atoms with Crippen molar-refractivity contribution in [1.29, 1.82) is 0 Å². The number of nitrogens with one attached hydrogen (secondary N) is 1. The largest absolute Gasteiger partial charge is 1.00 e. The van der Waals surface area contributed by atoms with E-state index in [4.69, 9.17) is 0 Å². The number of benzene rings is 1. The highest BCUT2D eigenvalue weighted by Crippen LogP contribution is 2.19. The molecule has 1 aromatic carbocycles. The van der Waals surface area contributed by atoms with Crippen LogP contribution in [0.4, 0.5) is 5.95 Å². The molecule has 0 atom stereocenters. The van der Waals surface area contributed by atoms with Gasteiger partial charge < -0.3 is 12.4 Å². The molecule has 2 aromatic rings. The molecular formula is C11H14ClN3. The lowest BCUT2D eigenvalue weighted by Gasteiger charge is -1.95. The van der Waals surface area contributed by atoms with Gasteiger partial charge in [-0.25, -0.2) is 9.13 Å². The molecule has 0 unspecified atom stereocenters. The summed E-state index contributed by atoms with van der Waals surface area (Å²) in [4.78, 5) is 0. The average molecular weight is 224 g/mol. The molecule has 0 bridgehead atoms. The third kappa shape index (κ3) is 1.30. The number of hydrogen-bond donors (Lipinski definition) is 1. The van der Waals surface area contributed by atoms with E-state index in [9.17, 15) is 0 Å². The fourth-order valence-corrected chi connectivity index (χ4v) is 2.31. The summed E-state index contributed by atoms with van der Waals surface area (Å²) in [6.45, 7) is 5.35. The van der Waals surface area contributed by atoms with Gasteiger partial charge in [-0.2, -0.15) is 0 Å². The maximum Gasteiger partial charge on any atom is 0.358 e. The summed E-state index contributed by atoms with van der Waals surface area (Å²) >= 11 is 0. The molecule has 4 heteroatoms. The fraction of sp³-hybridized carbons (Fsp3) is 0.364. The number of imidazole rings is 1. The molecule has 0 saturated carbocycles. The first-order valence-corrected chi connectivity index (χ1v) is 5.16. The lowest BCUT2D eigenvalue weighted by atomic mass is 10.3. The molecule has 1 aliphatic heterocycles. The number of hydrogen-bond acceptors (Lipinski definition) is 1. The summed E-state index contributed by atoms with van der Waals surface area (Å²) in [7, 11) is 0. The Balaban J connectivity index is 0.000000853. The standard InChI is InChI=1S/C11H13N3.ClH/c1-2-13-9-5-3-4-6-10(9)14-8-7-12-11(13)14;/h3-6H,2,7-8H2,1H3;1H. The first-order chi connectivity index (χ1) is 6.92. The third-order valence-electron chi connectivity index (χ3n) is 2.91. The highest BCUT2D eigenvalue weighted by atomic mass is 35.5. The Bertz CT molecular complexity index is 475. The molecule has 1 aromatic heterocycles. The highest BCUT2D eigenvalue weighted by Gasteiger charge is 2.26. The van der Waals surface area contributed by atoms with Crippen LogP contribution in [0.2, 0.25) is 0 Å². The Kier molecular flexibility index (Phi) is 2.57. The maximum atomic E-state index is 3.44. The van der Waals surface area contributed by atoms with Crippen molar-refractivity contribution in [3.8, 4) is 0 Å². The van der Waals surface area contributed by atoms with Gasteiger partial charge in [0.2, 0.25) is 0 Å². The quantitative estimate of drug-likeness (QED) is 0.577. The normalized spacial score (nSPS) is 13.4. The number of nitrogens with zero attached hydrogens (tertiary/aromatic N) is 2. The first-order valence-electron chi connectivity index (χ1n) is 5.16. The SMILES string of the molecule is CCn1c2[n+](c3ccccc31)CCN2.[Cl-]. The molecule has 3 rings (SSSR count). The third-order valence-corrected chi connectivity index (χ3v) is 2.91. The van der Waals surface area contributed by atoms with Crippen LogP contribution in [-0.4, -0.2) is 11.1 Å². The zero-order valence-electron chi connectivity index (χ0n) is 8.70. The lowest BCUT2D eigenvalue weighted by Crippen LogP contribution is -3.00. The van der Waals surface area contributed by atoms with Crippen molar-refractivity contribution in [2.45, 2.75) is 20.0 Å². The molecular weight excluding hydrogens is 210 g/mol. The van der Waals surface area contributed by atoms with Crippen molar-refractivity contribution in [1.82, 2.24) is 4.57 Å². The van der Waals surface area contributed by atoms with Gasteiger partial charge in [0, 0.05) is 0 Å². The van der Waals surface area contributed by atoms with Crippen molar-refractivity contribution >= 4 is 17.0 Å². The van der Waals surface area contributed by atoms with Crippen LogP contribution in [0.3, 0.4) is 0 Å². The van der Waals surface area contributed by atoms with Gasteiger partial charge >= 0.3 is 5.95 Å². The minimum Gasteiger partial charge on any atom is -1.00 e. The molecule has 0 saturated heterocycles. The number of para-hydroxylation sites is 2.